The number of rotatable bonds is 3. The van der Waals surface area contributed by atoms with Crippen molar-refractivity contribution >= 4 is 11.4 Å². The minimum absolute atomic E-state index is 0.0994. The molecular formula is C14H19NO. The van der Waals surface area contributed by atoms with E-state index in [0.29, 0.717) is 0 Å². The third kappa shape index (κ3) is 2.96. The molecule has 0 atom stereocenters. The second-order valence-corrected chi connectivity index (χ2v) is 4.38. The number of carbonyl (C=O) groups is 1. The lowest BCUT2D eigenvalue weighted by Crippen LogP contribution is -2.07. The number of benzene rings is 1. The van der Waals surface area contributed by atoms with Crippen molar-refractivity contribution in [1.82, 2.24) is 4.90 Å². The van der Waals surface area contributed by atoms with Crippen molar-refractivity contribution in [2.24, 2.45) is 0 Å². The minimum Gasteiger partial charge on any atom is -0.383 e. The second kappa shape index (κ2) is 4.97. The van der Waals surface area contributed by atoms with Gasteiger partial charge in [-0.2, -0.15) is 0 Å². The largest absolute Gasteiger partial charge is 0.383 e. The van der Waals surface area contributed by atoms with E-state index in [9.17, 15) is 4.79 Å². The SMILES string of the molecule is CC(=O)/C(=C\N(C)C)c1cc(C)ccc1C. The highest BCUT2D eigenvalue weighted by Gasteiger charge is 2.10. The van der Waals surface area contributed by atoms with Crippen LogP contribution in [0.3, 0.4) is 0 Å². The van der Waals surface area contributed by atoms with Gasteiger partial charge in [-0.3, -0.25) is 4.79 Å². The Hall–Kier alpha value is -1.57. The van der Waals surface area contributed by atoms with E-state index in [1.807, 2.05) is 39.0 Å². The number of hydrogen-bond acceptors (Lipinski definition) is 2. The summed E-state index contributed by atoms with van der Waals surface area (Å²) in [5.74, 6) is 0.0994. The van der Waals surface area contributed by atoms with E-state index in [0.717, 1.165) is 16.7 Å². The van der Waals surface area contributed by atoms with Gasteiger partial charge in [-0.15, -0.1) is 0 Å². The Bertz CT molecular complexity index is 430. The number of hydrogen-bond donors (Lipinski definition) is 0. The molecule has 0 aromatic heterocycles. The molecule has 0 N–H and O–H groups in total. The first kappa shape index (κ1) is 12.5. The van der Waals surface area contributed by atoms with Crippen LogP contribution in [0.25, 0.3) is 5.57 Å². The summed E-state index contributed by atoms with van der Waals surface area (Å²) in [6.07, 6.45) is 1.88. The molecule has 0 aliphatic carbocycles. The minimum atomic E-state index is 0.0994. The quantitative estimate of drug-likeness (QED) is 0.726. The highest BCUT2D eigenvalue weighted by molar-refractivity contribution is 6.19. The highest BCUT2D eigenvalue weighted by Crippen LogP contribution is 2.21. The van der Waals surface area contributed by atoms with E-state index in [1.165, 1.54) is 5.56 Å². The Morgan fingerprint density at radius 1 is 1.25 bits per heavy atom. The average Bonchev–Trinajstić information content (AvgIpc) is 2.18. The number of nitrogens with zero attached hydrogens (tertiary/aromatic N) is 1. The molecule has 0 amide bonds. The smallest absolute Gasteiger partial charge is 0.161 e. The molecule has 86 valence electrons. The van der Waals surface area contributed by atoms with E-state index in [4.69, 9.17) is 0 Å². The van der Waals surface area contributed by atoms with E-state index in [-0.39, 0.29) is 5.78 Å². The average molecular weight is 217 g/mol. The van der Waals surface area contributed by atoms with Gasteiger partial charge < -0.3 is 4.90 Å². The van der Waals surface area contributed by atoms with Gasteiger partial charge in [-0.25, -0.2) is 0 Å². The van der Waals surface area contributed by atoms with Gasteiger partial charge in [0.1, 0.15) is 0 Å². The number of allylic oxidation sites excluding steroid dienone is 1. The van der Waals surface area contributed by atoms with Gasteiger partial charge in [-0.05, 0) is 31.9 Å². The Morgan fingerprint density at radius 3 is 2.38 bits per heavy atom. The molecule has 1 aromatic carbocycles. The van der Waals surface area contributed by atoms with E-state index in [1.54, 1.807) is 6.92 Å². The zero-order valence-electron chi connectivity index (χ0n) is 10.7. The van der Waals surface area contributed by atoms with Crippen LogP contribution in [-0.2, 0) is 4.79 Å². The fourth-order valence-electron chi connectivity index (χ4n) is 1.63. The number of carbonyl (C=O) groups excluding carboxylic acids is 1. The van der Waals surface area contributed by atoms with Crippen LogP contribution >= 0.6 is 0 Å². The molecule has 0 aliphatic heterocycles. The van der Waals surface area contributed by atoms with Crippen LogP contribution in [0.4, 0.5) is 0 Å². The molecule has 0 heterocycles. The van der Waals surface area contributed by atoms with Gasteiger partial charge in [0, 0.05) is 25.9 Å². The van der Waals surface area contributed by atoms with Crippen molar-refractivity contribution in [2.45, 2.75) is 20.8 Å². The van der Waals surface area contributed by atoms with E-state index >= 15 is 0 Å². The van der Waals surface area contributed by atoms with Crippen LogP contribution in [-0.4, -0.2) is 24.8 Å². The first-order valence-corrected chi connectivity index (χ1v) is 5.38. The Morgan fingerprint density at radius 2 is 1.88 bits per heavy atom. The third-order valence-corrected chi connectivity index (χ3v) is 2.45. The maximum absolute atomic E-state index is 11.6. The molecule has 0 aliphatic rings. The summed E-state index contributed by atoms with van der Waals surface area (Å²) in [5.41, 5.74) is 4.10. The van der Waals surface area contributed by atoms with Crippen molar-refractivity contribution < 1.29 is 4.79 Å². The number of ketones is 1. The van der Waals surface area contributed by atoms with Crippen molar-refractivity contribution in [3.8, 4) is 0 Å². The van der Waals surface area contributed by atoms with Gasteiger partial charge in [0.05, 0.1) is 0 Å². The van der Waals surface area contributed by atoms with Crippen molar-refractivity contribution in [1.29, 1.82) is 0 Å². The standard InChI is InChI=1S/C14H19NO/c1-10-6-7-11(2)13(8-10)14(12(3)16)9-15(4)5/h6-9H,1-5H3/b14-9+. The Balaban J connectivity index is 3.32. The van der Waals surface area contributed by atoms with Crippen LogP contribution in [0.5, 0.6) is 0 Å². The van der Waals surface area contributed by atoms with Gasteiger partial charge in [-0.1, -0.05) is 23.8 Å². The summed E-state index contributed by atoms with van der Waals surface area (Å²) in [6.45, 7) is 5.68. The molecule has 0 unspecified atom stereocenters. The zero-order valence-corrected chi connectivity index (χ0v) is 10.7. The van der Waals surface area contributed by atoms with Crippen molar-refractivity contribution in [3.63, 3.8) is 0 Å². The molecule has 0 spiro atoms. The Kier molecular flexibility index (Phi) is 3.88. The van der Waals surface area contributed by atoms with Crippen molar-refractivity contribution in [2.75, 3.05) is 14.1 Å². The first-order chi connectivity index (χ1) is 7.41. The second-order valence-electron chi connectivity index (χ2n) is 4.38. The molecule has 16 heavy (non-hydrogen) atoms. The highest BCUT2D eigenvalue weighted by atomic mass is 16.1. The normalized spacial score (nSPS) is 11.4. The van der Waals surface area contributed by atoms with Crippen LogP contribution in [0, 0.1) is 13.8 Å². The molecule has 1 rings (SSSR count). The molecular weight excluding hydrogens is 198 g/mol. The summed E-state index contributed by atoms with van der Waals surface area (Å²) in [4.78, 5) is 13.5. The van der Waals surface area contributed by atoms with Crippen LogP contribution < -0.4 is 0 Å². The maximum atomic E-state index is 11.6. The molecule has 0 radical (unpaired) electrons. The summed E-state index contributed by atoms with van der Waals surface area (Å²) in [7, 11) is 3.85. The van der Waals surface area contributed by atoms with E-state index in [2.05, 4.69) is 18.2 Å². The molecule has 0 saturated carbocycles. The van der Waals surface area contributed by atoms with Crippen LogP contribution in [0.2, 0.25) is 0 Å². The summed E-state index contributed by atoms with van der Waals surface area (Å²) < 4.78 is 0. The topological polar surface area (TPSA) is 20.3 Å². The summed E-state index contributed by atoms with van der Waals surface area (Å²) >= 11 is 0. The third-order valence-electron chi connectivity index (χ3n) is 2.45. The Labute approximate surface area is 97.6 Å². The van der Waals surface area contributed by atoms with Gasteiger partial charge in [0.2, 0.25) is 0 Å². The molecule has 0 saturated heterocycles. The van der Waals surface area contributed by atoms with Crippen LogP contribution in [0.1, 0.15) is 23.6 Å². The molecule has 1 aromatic rings. The van der Waals surface area contributed by atoms with Gasteiger partial charge in [0.25, 0.3) is 0 Å². The summed E-state index contributed by atoms with van der Waals surface area (Å²) in [6, 6.07) is 6.18. The van der Waals surface area contributed by atoms with E-state index < -0.39 is 0 Å². The molecule has 2 heteroatoms. The van der Waals surface area contributed by atoms with Gasteiger partial charge >= 0.3 is 0 Å². The van der Waals surface area contributed by atoms with Gasteiger partial charge in [0.15, 0.2) is 5.78 Å². The molecule has 0 bridgehead atoms. The monoisotopic (exact) mass is 217 g/mol. The predicted molar refractivity (Wildman–Crippen MR) is 68.3 cm³/mol. The lowest BCUT2D eigenvalue weighted by atomic mass is 9.96. The van der Waals surface area contributed by atoms with Crippen LogP contribution in [0.15, 0.2) is 24.4 Å². The van der Waals surface area contributed by atoms with Crippen molar-refractivity contribution in [3.05, 3.63) is 41.1 Å². The molecule has 2 nitrogen and oxygen atoms in total. The summed E-state index contributed by atoms with van der Waals surface area (Å²) in [5, 5.41) is 0. The first-order valence-electron chi connectivity index (χ1n) is 5.38. The maximum Gasteiger partial charge on any atom is 0.161 e. The fourth-order valence-corrected chi connectivity index (χ4v) is 1.63. The molecule has 0 fully saturated rings. The predicted octanol–water partition coefficient (Wildman–Crippen LogP) is 2.79. The lowest BCUT2D eigenvalue weighted by molar-refractivity contribution is -0.111. The number of Topliss-reactive ketones (excluding diaryl/α,β-unsaturated/α-hetero) is 1. The zero-order chi connectivity index (χ0) is 12.3. The number of aryl methyl sites for hydroxylation is 2. The fraction of sp³-hybridized carbons (Fsp3) is 0.357. The lowest BCUT2D eigenvalue weighted by Gasteiger charge is -2.12.